The van der Waals surface area contributed by atoms with Gasteiger partial charge in [-0.2, -0.15) is 11.2 Å². The number of aromatic nitrogens is 4. The van der Waals surface area contributed by atoms with Crippen LogP contribution in [0.2, 0.25) is 0 Å². The molecule has 0 fully saturated rings. The third-order valence-corrected chi connectivity index (χ3v) is 10.2. The van der Waals surface area contributed by atoms with Crippen LogP contribution in [-0.2, 0) is 26.5 Å². The van der Waals surface area contributed by atoms with Crippen molar-refractivity contribution in [1.29, 1.82) is 0 Å². The molecule has 6 aromatic rings. The number of nitrogens with zero attached hydrogens (tertiary/aromatic N) is 4. The third-order valence-electron chi connectivity index (χ3n) is 10.2. The Kier molecular flexibility index (Phi) is 9.54. The number of benzene rings is 3. The number of para-hydroxylation sites is 1. The summed E-state index contributed by atoms with van der Waals surface area (Å²) in [7, 11) is 0. The van der Waals surface area contributed by atoms with Crippen LogP contribution < -0.4 is 4.74 Å². The number of hydrogen-bond acceptors (Lipinski definition) is 3. The van der Waals surface area contributed by atoms with Crippen LogP contribution in [0.15, 0.2) is 78.5 Å². The van der Waals surface area contributed by atoms with E-state index in [1.165, 1.54) is 34.4 Å². The number of ether oxygens (including phenoxy) is 1. The number of hydrogen-bond donors (Lipinski definition) is 0. The minimum Gasteiger partial charge on any atom is -0.509 e. The molecule has 0 spiro atoms. The summed E-state index contributed by atoms with van der Waals surface area (Å²) in [6.45, 7) is 20.1. The van der Waals surface area contributed by atoms with Gasteiger partial charge < -0.3 is 9.30 Å². The second-order valence-corrected chi connectivity index (χ2v) is 15.0. The van der Waals surface area contributed by atoms with Crippen LogP contribution in [0.4, 0.5) is 0 Å². The average molecular weight is 830 g/mol. The summed E-state index contributed by atoms with van der Waals surface area (Å²) in [4.78, 5) is 4.83. The Morgan fingerprint density at radius 3 is 2.43 bits per heavy atom. The van der Waals surface area contributed by atoms with E-state index in [2.05, 4.69) is 144 Å². The molecule has 0 saturated carbocycles. The van der Waals surface area contributed by atoms with E-state index in [1.54, 1.807) is 0 Å². The fourth-order valence-electron chi connectivity index (χ4n) is 7.52. The standard InChI is InChI=1S/C43H46N4O.Pt/c1-26(2)31-21-33(47-30(6)42(29(5)45-47)41-27(3)13-12-14-28(41)4)24-35(22-31)48-34-17-18-37-36-15-10-11-16-38(36)46(39(37)25-34)40-23-32(19-20-44-40)43(7,8)9;/h10-11,13,15-23,26,28,41H,12,14H2,1-9H3;/q-2;+2/t28-,41?;/m0./s1. The molecule has 6 heteroatoms. The Labute approximate surface area is 305 Å². The van der Waals surface area contributed by atoms with Crippen molar-refractivity contribution in [3.8, 4) is 23.0 Å². The van der Waals surface area contributed by atoms with Gasteiger partial charge in [0.05, 0.1) is 5.69 Å². The molecular weight excluding hydrogens is 784 g/mol. The largest absolute Gasteiger partial charge is 2.00 e. The van der Waals surface area contributed by atoms with Gasteiger partial charge in [0.15, 0.2) is 0 Å². The molecule has 7 rings (SSSR count). The Balaban J connectivity index is 0.00000417. The van der Waals surface area contributed by atoms with Crippen molar-refractivity contribution in [3.63, 3.8) is 0 Å². The van der Waals surface area contributed by atoms with Gasteiger partial charge in [-0.3, -0.25) is 4.68 Å². The van der Waals surface area contributed by atoms with Crippen LogP contribution in [-0.4, -0.2) is 19.3 Å². The summed E-state index contributed by atoms with van der Waals surface area (Å²) >= 11 is 0. The summed E-state index contributed by atoms with van der Waals surface area (Å²) in [6, 6.07) is 28.4. The third kappa shape index (κ3) is 6.43. The van der Waals surface area contributed by atoms with Gasteiger partial charge in [0.25, 0.3) is 0 Å². The molecule has 0 radical (unpaired) electrons. The molecule has 0 N–H and O–H groups in total. The fraction of sp³-hybridized carbons (Fsp3) is 0.349. The van der Waals surface area contributed by atoms with Crippen LogP contribution >= 0.6 is 0 Å². The summed E-state index contributed by atoms with van der Waals surface area (Å²) in [5.74, 6) is 3.43. The van der Waals surface area contributed by atoms with E-state index in [0.29, 0.717) is 29.3 Å². The SMILES string of the molecule is CC1=CCC[C@H](C)C1c1c(C)nn(-c2[c-]c(Oc3[c-]c4c(cc3)c3ccccc3n4-c3cc(C(C)(C)C)ccn3)cc(C(C)C)c2)c1C.[Pt+2]. The van der Waals surface area contributed by atoms with Crippen molar-refractivity contribution in [3.05, 3.63) is 119 Å². The minimum atomic E-state index is -0.000174. The maximum absolute atomic E-state index is 6.64. The molecule has 5 nitrogen and oxygen atoms in total. The van der Waals surface area contributed by atoms with Gasteiger partial charge in [-0.05, 0) is 85.7 Å². The first-order valence-corrected chi connectivity index (χ1v) is 17.3. The molecule has 0 saturated heterocycles. The fourth-order valence-corrected chi connectivity index (χ4v) is 7.52. The molecule has 0 amide bonds. The normalized spacial score (nSPS) is 16.7. The van der Waals surface area contributed by atoms with E-state index in [1.807, 2.05) is 12.3 Å². The van der Waals surface area contributed by atoms with Crippen LogP contribution in [0.3, 0.4) is 0 Å². The number of aryl methyl sites for hydroxylation is 1. The maximum Gasteiger partial charge on any atom is 2.00 e. The Morgan fingerprint density at radius 1 is 0.918 bits per heavy atom. The van der Waals surface area contributed by atoms with Crippen LogP contribution in [0, 0.1) is 31.9 Å². The van der Waals surface area contributed by atoms with Crippen molar-refractivity contribution in [1.82, 2.24) is 19.3 Å². The molecule has 0 bridgehead atoms. The van der Waals surface area contributed by atoms with Crippen molar-refractivity contribution in [2.75, 3.05) is 0 Å². The predicted octanol–water partition coefficient (Wildman–Crippen LogP) is 11.3. The van der Waals surface area contributed by atoms with Gasteiger partial charge in [0.2, 0.25) is 0 Å². The van der Waals surface area contributed by atoms with Gasteiger partial charge in [-0.25, -0.2) is 4.98 Å². The molecule has 3 aromatic heterocycles. The van der Waals surface area contributed by atoms with E-state index >= 15 is 0 Å². The number of fused-ring (bicyclic) bond motifs is 3. The molecule has 3 aromatic carbocycles. The van der Waals surface area contributed by atoms with Crippen molar-refractivity contribution >= 4 is 21.8 Å². The molecule has 254 valence electrons. The first kappa shape index (κ1) is 34.9. The number of allylic oxidation sites excluding steroid dienone is 2. The topological polar surface area (TPSA) is 44.9 Å². The molecule has 1 aliphatic rings. The second kappa shape index (κ2) is 13.4. The quantitative estimate of drug-likeness (QED) is 0.124. The molecule has 49 heavy (non-hydrogen) atoms. The summed E-state index contributed by atoms with van der Waals surface area (Å²) in [5.41, 5.74) is 10.4. The van der Waals surface area contributed by atoms with Gasteiger partial charge >= 0.3 is 21.1 Å². The molecule has 2 atom stereocenters. The molecule has 0 aliphatic heterocycles. The van der Waals surface area contributed by atoms with Crippen molar-refractivity contribution < 1.29 is 25.8 Å². The van der Waals surface area contributed by atoms with Gasteiger partial charge in [0.1, 0.15) is 5.82 Å². The van der Waals surface area contributed by atoms with Gasteiger partial charge in [-0.1, -0.05) is 76.9 Å². The van der Waals surface area contributed by atoms with Crippen molar-refractivity contribution in [2.24, 2.45) is 5.92 Å². The average Bonchev–Trinajstić information content (AvgIpc) is 3.53. The summed E-state index contributed by atoms with van der Waals surface area (Å²) < 4.78 is 10.9. The first-order valence-electron chi connectivity index (χ1n) is 17.3. The molecular formula is C43H46N4OPt. The van der Waals surface area contributed by atoms with Crippen LogP contribution in [0.5, 0.6) is 11.5 Å². The van der Waals surface area contributed by atoms with Gasteiger partial charge in [-0.15, -0.1) is 41.3 Å². The monoisotopic (exact) mass is 829 g/mol. The Hall–Kier alpha value is -3.95. The van der Waals surface area contributed by atoms with Crippen molar-refractivity contribution in [2.45, 2.75) is 92.4 Å². The van der Waals surface area contributed by atoms with Crippen LogP contribution in [0.25, 0.3) is 33.3 Å². The van der Waals surface area contributed by atoms with E-state index in [9.17, 15) is 0 Å². The summed E-state index contributed by atoms with van der Waals surface area (Å²) in [5, 5.41) is 7.36. The zero-order valence-corrected chi connectivity index (χ0v) is 32.4. The Bertz CT molecular complexity index is 2200. The summed E-state index contributed by atoms with van der Waals surface area (Å²) in [6.07, 6.45) is 6.67. The first-order chi connectivity index (χ1) is 22.9. The predicted molar refractivity (Wildman–Crippen MR) is 197 cm³/mol. The maximum atomic E-state index is 6.64. The van der Waals surface area contributed by atoms with E-state index in [-0.39, 0.29) is 26.5 Å². The van der Waals surface area contributed by atoms with E-state index < -0.39 is 0 Å². The number of pyridine rings is 1. The molecule has 3 heterocycles. The second-order valence-electron chi connectivity index (χ2n) is 15.0. The van der Waals surface area contributed by atoms with Gasteiger partial charge in [0, 0.05) is 40.4 Å². The number of rotatable bonds is 6. The smallest absolute Gasteiger partial charge is 0.509 e. The van der Waals surface area contributed by atoms with E-state index in [4.69, 9.17) is 14.8 Å². The van der Waals surface area contributed by atoms with E-state index in [0.717, 1.165) is 45.4 Å². The minimum absolute atomic E-state index is 0. The Morgan fingerprint density at radius 2 is 1.69 bits per heavy atom. The molecule has 1 aliphatic carbocycles. The zero-order valence-electron chi connectivity index (χ0n) is 30.1. The zero-order chi connectivity index (χ0) is 33.9. The molecule has 1 unspecified atom stereocenters. The van der Waals surface area contributed by atoms with Crippen LogP contribution in [0.1, 0.15) is 101 Å².